The minimum absolute atomic E-state index is 0.0656. The Morgan fingerprint density at radius 1 is 1.40 bits per heavy atom. The zero-order valence-corrected chi connectivity index (χ0v) is 13.4. The van der Waals surface area contributed by atoms with Crippen molar-refractivity contribution < 1.29 is 4.39 Å². The Kier molecular flexibility index (Phi) is 5.30. The first-order valence-corrected chi connectivity index (χ1v) is 7.78. The second-order valence-electron chi connectivity index (χ2n) is 5.72. The summed E-state index contributed by atoms with van der Waals surface area (Å²) in [6.45, 7) is 6.90. The number of benzene rings is 1. The van der Waals surface area contributed by atoms with E-state index in [1.807, 2.05) is 0 Å². The molecule has 0 spiro atoms. The van der Waals surface area contributed by atoms with E-state index in [1.54, 1.807) is 0 Å². The first kappa shape index (κ1) is 16.0. The minimum Gasteiger partial charge on any atom is -0.330 e. The second-order valence-corrected chi connectivity index (χ2v) is 6.53. The fourth-order valence-electron chi connectivity index (χ4n) is 2.89. The van der Waals surface area contributed by atoms with Crippen LogP contribution >= 0.6 is 23.2 Å². The van der Waals surface area contributed by atoms with Crippen LogP contribution in [-0.2, 0) is 0 Å². The van der Waals surface area contributed by atoms with Gasteiger partial charge in [-0.1, -0.05) is 30.1 Å². The van der Waals surface area contributed by atoms with Gasteiger partial charge in [0.1, 0.15) is 5.82 Å². The largest absolute Gasteiger partial charge is 0.330 e. The highest BCUT2D eigenvalue weighted by atomic mass is 35.5. The number of nitrogens with two attached hydrogens (primary N) is 1. The Bertz CT molecular complexity index is 481. The predicted octanol–water partition coefficient (Wildman–Crippen LogP) is 4.11. The molecule has 1 aliphatic rings. The molecule has 2 rings (SSSR count). The van der Waals surface area contributed by atoms with Gasteiger partial charge in [0.05, 0.1) is 5.02 Å². The fourth-order valence-corrected chi connectivity index (χ4v) is 3.43. The molecule has 1 aromatic carbocycles. The summed E-state index contributed by atoms with van der Waals surface area (Å²) in [7, 11) is 0. The molecule has 0 amide bonds. The van der Waals surface area contributed by atoms with E-state index in [1.165, 1.54) is 12.1 Å². The van der Waals surface area contributed by atoms with Gasteiger partial charge >= 0.3 is 0 Å². The summed E-state index contributed by atoms with van der Waals surface area (Å²) in [5.74, 6) is 0.710. The van der Waals surface area contributed by atoms with Crippen molar-refractivity contribution in [1.29, 1.82) is 0 Å². The molecule has 2 N–H and O–H groups in total. The average Bonchev–Trinajstić information content (AvgIpc) is 2.42. The van der Waals surface area contributed by atoms with Crippen LogP contribution in [0.2, 0.25) is 10.0 Å². The molecule has 0 saturated carbocycles. The van der Waals surface area contributed by atoms with Crippen molar-refractivity contribution in [2.45, 2.75) is 26.3 Å². The summed E-state index contributed by atoms with van der Waals surface area (Å²) in [4.78, 5) is 2.33. The highest BCUT2D eigenvalue weighted by Gasteiger charge is 2.29. The minimum atomic E-state index is -0.418. The third-order valence-electron chi connectivity index (χ3n) is 4.49. The molecule has 1 saturated heterocycles. The Balaban J connectivity index is 2.19. The maximum atomic E-state index is 13.7. The molecule has 0 bridgehead atoms. The molecule has 0 radical (unpaired) electrons. The standard InChI is InChI=1S/C15H21Cl2FN2/c1-9-3-4-20(8-11(9)7-19)10(2)12-5-15(18)14(17)6-13(12)16/h5-6,9-11H,3-4,7-8,19H2,1-2H3. The average molecular weight is 319 g/mol. The van der Waals surface area contributed by atoms with E-state index in [0.29, 0.717) is 23.4 Å². The summed E-state index contributed by atoms with van der Waals surface area (Å²) < 4.78 is 13.7. The third-order valence-corrected chi connectivity index (χ3v) is 5.10. The highest BCUT2D eigenvalue weighted by molar-refractivity contribution is 6.35. The van der Waals surface area contributed by atoms with Crippen LogP contribution < -0.4 is 5.73 Å². The molecule has 20 heavy (non-hydrogen) atoms. The molecule has 3 atom stereocenters. The summed E-state index contributed by atoms with van der Waals surface area (Å²) in [6, 6.07) is 3.00. The zero-order valence-electron chi connectivity index (χ0n) is 11.9. The van der Waals surface area contributed by atoms with E-state index in [2.05, 4.69) is 18.7 Å². The van der Waals surface area contributed by atoms with Crippen molar-refractivity contribution in [3.05, 3.63) is 33.6 Å². The molecule has 1 aliphatic heterocycles. The fraction of sp³-hybridized carbons (Fsp3) is 0.600. The smallest absolute Gasteiger partial charge is 0.142 e. The van der Waals surface area contributed by atoms with Gasteiger partial charge in [-0.3, -0.25) is 4.90 Å². The van der Waals surface area contributed by atoms with Crippen LogP contribution in [0.1, 0.15) is 31.9 Å². The van der Waals surface area contributed by atoms with Crippen LogP contribution in [0, 0.1) is 17.7 Å². The quantitative estimate of drug-likeness (QED) is 0.850. The number of halogens is 3. The lowest BCUT2D eigenvalue weighted by molar-refractivity contribution is 0.0978. The van der Waals surface area contributed by atoms with Crippen LogP contribution in [0.3, 0.4) is 0 Å². The molecular formula is C15H21Cl2FN2. The van der Waals surface area contributed by atoms with Crippen molar-refractivity contribution in [3.63, 3.8) is 0 Å². The highest BCUT2D eigenvalue weighted by Crippen LogP contribution is 2.34. The Morgan fingerprint density at radius 3 is 2.75 bits per heavy atom. The summed E-state index contributed by atoms with van der Waals surface area (Å²) in [5, 5.41) is 0.588. The predicted molar refractivity (Wildman–Crippen MR) is 82.7 cm³/mol. The molecule has 0 aromatic heterocycles. The van der Waals surface area contributed by atoms with Gasteiger partial charge in [-0.05, 0) is 56.0 Å². The molecule has 0 aliphatic carbocycles. The van der Waals surface area contributed by atoms with Crippen LogP contribution in [0.15, 0.2) is 12.1 Å². The van der Waals surface area contributed by atoms with E-state index in [-0.39, 0.29) is 11.1 Å². The number of piperidine rings is 1. The van der Waals surface area contributed by atoms with Gasteiger partial charge in [-0.25, -0.2) is 4.39 Å². The van der Waals surface area contributed by atoms with Crippen LogP contribution in [0.5, 0.6) is 0 Å². The molecular weight excluding hydrogens is 298 g/mol. The maximum Gasteiger partial charge on any atom is 0.142 e. The number of nitrogens with zero attached hydrogens (tertiary/aromatic N) is 1. The number of rotatable bonds is 3. The van der Waals surface area contributed by atoms with Gasteiger partial charge in [-0.15, -0.1) is 0 Å². The monoisotopic (exact) mass is 318 g/mol. The summed E-state index contributed by atoms with van der Waals surface area (Å²) in [5.41, 5.74) is 6.63. The van der Waals surface area contributed by atoms with E-state index >= 15 is 0 Å². The number of hydrogen-bond donors (Lipinski definition) is 1. The first-order valence-electron chi connectivity index (χ1n) is 7.02. The number of likely N-dealkylation sites (tertiary alicyclic amines) is 1. The molecule has 1 aromatic rings. The Labute approximate surface area is 130 Å². The Morgan fingerprint density at radius 2 is 2.10 bits per heavy atom. The van der Waals surface area contributed by atoms with Crippen LogP contribution in [-0.4, -0.2) is 24.5 Å². The van der Waals surface area contributed by atoms with Crippen molar-refractivity contribution in [2.24, 2.45) is 17.6 Å². The molecule has 112 valence electrons. The van der Waals surface area contributed by atoms with Crippen molar-refractivity contribution >= 4 is 23.2 Å². The van der Waals surface area contributed by atoms with Crippen molar-refractivity contribution in [3.8, 4) is 0 Å². The summed E-state index contributed by atoms with van der Waals surface area (Å²) >= 11 is 12.0. The topological polar surface area (TPSA) is 29.3 Å². The molecule has 2 nitrogen and oxygen atoms in total. The van der Waals surface area contributed by atoms with Gasteiger partial charge in [-0.2, -0.15) is 0 Å². The normalized spacial score (nSPS) is 25.7. The van der Waals surface area contributed by atoms with E-state index in [4.69, 9.17) is 28.9 Å². The van der Waals surface area contributed by atoms with Crippen molar-refractivity contribution in [2.75, 3.05) is 19.6 Å². The van der Waals surface area contributed by atoms with Crippen molar-refractivity contribution in [1.82, 2.24) is 4.90 Å². The molecule has 5 heteroatoms. The lowest BCUT2D eigenvalue weighted by Crippen LogP contribution is -2.43. The maximum absolute atomic E-state index is 13.7. The van der Waals surface area contributed by atoms with E-state index in [9.17, 15) is 4.39 Å². The van der Waals surface area contributed by atoms with E-state index in [0.717, 1.165) is 25.1 Å². The summed E-state index contributed by atoms with van der Waals surface area (Å²) in [6.07, 6.45) is 1.11. The first-order chi connectivity index (χ1) is 9.43. The van der Waals surface area contributed by atoms with Gasteiger partial charge in [0.15, 0.2) is 0 Å². The SMILES string of the molecule is CC1CCN(C(C)c2cc(F)c(Cl)cc2Cl)CC1CN. The molecule has 3 unspecified atom stereocenters. The number of hydrogen-bond acceptors (Lipinski definition) is 2. The Hall–Kier alpha value is -0.350. The van der Waals surface area contributed by atoms with Gasteiger partial charge in [0, 0.05) is 17.6 Å². The van der Waals surface area contributed by atoms with Gasteiger partial charge in [0.2, 0.25) is 0 Å². The lowest BCUT2D eigenvalue weighted by atomic mass is 9.86. The van der Waals surface area contributed by atoms with E-state index < -0.39 is 5.82 Å². The van der Waals surface area contributed by atoms with Crippen LogP contribution in [0.25, 0.3) is 0 Å². The van der Waals surface area contributed by atoms with Crippen LogP contribution in [0.4, 0.5) is 4.39 Å². The molecule has 1 fully saturated rings. The van der Waals surface area contributed by atoms with Gasteiger partial charge in [0.25, 0.3) is 0 Å². The zero-order chi connectivity index (χ0) is 14.9. The third kappa shape index (κ3) is 3.28. The van der Waals surface area contributed by atoms with Gasteiger partial charge < -0.3 is 5.73 Å². The second kappa shape index (κ2) is 6.61. The lowest BCUT2D eigenvalue weighted by Gasteiger charge is -2.40. The molecule has 1 heterocycles.